The number of benzene rings is 1. The van der Waals surface area contributed by atoms with Gasteiger partial charge in [-0.25, -0.2) is 23.2 Å². The van der Waals surface area contributed by atoms with Crippen LogP contribution in [0.4, 0.5) is 0 Å². The first-order valence-corrected chi connectivity index (χ1v) is 9.46. The lowest BCUT2D eigenvalue weighted by Crippen LogP contribution is -2.31. The Kier molecular flexibility index (Phi) is 5.34. The van der Waals surface area contributed by atoms with Crippen molar-refractivity contribution in [2.24, 2.45) is 0 Å². The number of carbonyl (C=O) groups is 1. The van der Waals surface area contributed by atoms with Gasteiger partial charge in [-0.2, -0.15) is 9.57 Å². The van der Waals surface area contributed by atoms with E-state index in [1.54, 1.807) is 0 Å². The van der Waals surface area contributed by atoms with E-state index in [1.807, 2.05) is 6.07 Å². The summed E-state index contributed by atoms with van der Waals surface area (Å²) in [6.45, 7) is 0.399. The smallest absolute Gasteiger partial charge is 0.337 e. The number of sulfonamides is 1. The molecule has 0 amide bonds. The minimum atomic E-state index is -3.73. The SMILES string of the molecule is COC(=O)c1ccc(S(=O)(=O)N2CCC(Oc3nccnc3C#N)C2)cc1. The Hall–Kier alpha value is -3.03. The molecule has 1 aromatic carbocycles. The zero-order chi connectivity index (χ0) is 19.4. The minimum Gasteiger partial charge on any atom is -0.471 e. The summed E-state index contributed by atoms with van der Waals surface area (Å²) in [6.07, 6.45) is 2.82. The number of ether oxygens (including phenoxy) is 2. The fraction of sp³-hybridized carbons (Fsp3) is 0.294. The van der Waals surface area contributed by atoms with Crippen LogP contribution in [-0.4, -0.2) is 55.0 Å². The lowest BCUT2D eigenvalue weighted by atomic mass is 10.2. The first-order chi connectivity index (χ1) is 13.0. The van der Waals surface area contributed by atoms with Crippen molar-refractivity contribution in [1.29, 1.82) is 5.26 Å². The number of nitrogens with zero attached hydrogens (tertiary/aromatic N) is 4. The van der Waals surface area contributed by atoms with Gasteiger partial charge < -0.3 is 9.47 Å². The van der Waals surface area contributed by atoms with Crippen LogP contribution in [0.25, 0.3) is 0 Å². The van der Waals surface area contributed by atoms with Crippen molar-refractivity contribution >= 4 is 16.0 Å². The second kappa shape index (κ2) is 7.69. The number of esters is 1. The molecule has 1 unspecified atom stereocenters. The molecular weight excluding hydrogens is 372 g/mol. The Bertz CT molecular complexity index is 985. The lowest BCUT2D eigenvalue weighted by molar-refractivity contribution is 0.0600. The summed E-state index contributed by atoms with van der Waals surface area (Å²) in [4.78, 5) is 19.4. The lowest BCUT2D eigenvalue weighted by Gasteiger charge is -2.17. The highest BCUT2D eigenvalue weighted by molar-refractivity contribution is 7.89. The van der Waals surface area contributed by atoms with E-state index >= 15 is 0 Å². The molecule has 1 saturated heterocycles. The molecule has 2 heterocycles. The third kappa shape index (κ3) is 3.89. The summed E-state index contributed by atoms with van der Waals surface area (Å²) in [7, 11) is -2.47. The van der Waals surface area contributed by atoms with Gasteiger partial charge in [0.1, 0.15) is 12.2 Å². The predicted molar refractivity (Wildman–Crippen MR) is 92.3 cm³/mol. The molecule has 3 rings (SSSR count). The van der Waals surface area contributed by atoms with Crippen molar-refractivity contribution in [3.8, 4) is 11.9 Å². The van der Waals surface area contributed by atoms with Gasteiger partial charge in [0.2, 0.25) is 15.7 Å². The van der Waals surface area contributed by atoms with Crippen molar-refractivity contribution in [1.82, 2.24) is 14.3 Å². The number of aromatic nitrogens is 2. The van der Waals surface area contributed by atoms with Gasteiger partial charge in [-0.1, -0.05) is 0 Å². The van der Waals surface area contributed by atoms with Crippen molar-refractivity contribution in [2.75, 3.05) is 20.2 Å². The van der Waals surface area contributed by atoms with E-state index in [1.165, 1.54) is 48.1 Å². The molecule has 0 bridgehead atoms. The highest BCUT2D eigenvalue weighted by atomic mass is 32.2. The quantitative estimate of drug-likeness (QED) is 0.695. The monoisotopic (exact) mass is 388 g/mol. The van der Waals surface area contributed by atoms with Crippen molar-refractivity contribution < 1.29 is 22.7 Å². The average molecular weight is 388 g/mol. The van der Waals surface area contributed by atoms with Gasteiger partial charge in [-0.05, 0) is 30.7 Å². The van der Waals surface area contributed by atoms with E-state index in [0.717, 1.165) is 0 Å². The maximum absolute atomic E-state index is 12.8. The van der Waals surface area contributed by atoms with Crippen LogP contribution >= 0.6 is 0 Å². The third-order valence-corrected chi connectivity index (χ3v) is 5.95. The maximum Gasteiger partial charge on any atom is 0.337 e. The Morgan fingerprint density at radius 2 is 1.96 bits per heavy atom. The summed E-state index contributed by atoms with van der Waals surface area (Å²) >= 11 is 0. The van der Waals surface area contributed by atoms with Gasteiger partial charge in [-0.15, -0.1) is 0 Å². The molecule has 1 aliphatic heterocycles. The standard InChI is InChI=1S/C17H16N4O5S/c1-25-17(22)12-2-4-14(5-3-12)27(23,24)21-9-6-13(11-21)26-16-15(10-18)19-7-8-20-16/h2-5,7-8,13H,6,9,11H2,1H3. The molecule has 0 aliphatic carbocycles. The minimum absolute atomic E-state index is 0.0530. The molecule has 0 N–H and O–H groups in total. The highest BCUT2D eigenvalue weighted by Crippen LogP contribution is 2.24. The van der Waals surface area contributed by atoms with Crippen LogP contribution in [0.1, 0.15) is 22.5 Å². The molecule has 1 atom stereocenters. The zero-order valence-corrected chi connectivity index (χ0v) is 15.2. The van der Waals surface area contributed by atoms with E-state index in [-0.39, 0.29) is 35.1 Å². The molecule has 140 valence electrons. The van der Waals surface area contributed by atoms with E-state index in [2.05, 4.69) is 14.7 Å². The van der Waals surface area contributed by atoms with Crippen LogP contribution in [0.5, 0.6) is 5.88 Å². The highest BCUT2D eigenvalue weighted by Gasteiger charge is 2.34. The van der Waals surface area contributed by atoms with Gasteiger partial charge >= 0.3 is 5.97 Å². The van der Waals surface area contributed by atoms with E-state index < -0.39 is 22.1 Å². The molecular formula is C17H16N4O5S. The van der Waals surface area contributed by atoms with Crippen LogP contribution < -0.4 is 4.74 Å². The van der Waals surface area contributed by atoms with Gasteiger partial charge in [-0.3, -0.25) is 0 Å². The molecule has 1 aromatic heterocycles. The van der Waals surface area contributed by atoms with E-state index in [4.69, 9.17) is 10.00 Å². The van der Waals surface area contributed by atoms with Crippen LogP contribution in [0.2, 0.25) is 0 Å². The number of carbonyl (C=O) groups excluding carboxylic acids is 1. The fourth-order valence-electron chi connectivity index (χ4n) is 2.69. The second-order valence-electron chi connectivity index (χ2n) is 5.73. The third-order valence-electron chi connectivity index (χ3n) is 4.07. The summed E-state index contributed by atoms with van der Waals surface area (Å²) in [5, 5.41) is 9.03. The van der Waals surface area contributed by atoms with Crippen molar-refractivity contribution in [3.63, 3.8) is 0 Å². The number of methoxy groups -OCH3 is 1. The van der Waals surface area contributed by atoms with Crippen LogP contribution in [0.15, 0.2) is 41.6 Å². The maximum atomic E-state index is 12.8. The number of hydrogen-bond acceptors (Lipinski definition) is 8. The molecule has 1 aliphatic rings. The number of hydrogen-bond donors (Lipinski definition) is 0. The topological polar surface area (TPSA) is 122 Å². The molecule has 0 radical (unpaired) electrons. The first-order valence-electron chi connectivity index (χ1n) is 8.02. The Morgan fingerprint density at radius 3 is 2.63 bits per heavy atom. The van der Waals surface area contributed by atoms with E-state index in [9.17, 15) is 13.2 Å². The Labute approximate surface area is 156 Å². The average Bonchev–Trinajstić information content (AvgIpc) is 3.17. The number of rotatable bonds is 5. The van der Waals surface area contributed by atoms with Crippen molar-refractivity contribution in [3.05, 3.63) is 47.9 Å². The van der Waals surface area contributed by atoms with Gasteiger partial charge in [0.05, 0.1) is 24.1 Å². The summed E-state index contributed by atoms with van der Waals surface area (Å²) < 4.78 is 37.1. The van der Waals surface area contributed by atoms with E-state index in [0.29, 0.717) is 6.42 Å². The summed E-state index contributed by atoms with van der Waals surface area (Å²) in [5.41, 5.74) is 0.322. The molecule has 27 heavy (non-hydrogen) atoms. The van der Waals surface area contributed by atoms with Crippen LogP contribution in [-0.2, 0) is 14.8 Å². The second-order valence-corrected chi connectivity index (χ2v) is 7.67. The summed E-state index contributed by atoms with van der Waals surface area (Å²) in [6, 6.07) is 7.43. The Morgan fingerprint density at radius 1 is 1.26 bits per heavy atom. The van der Waals surface area contributed by atoms with Gasteiger partial charge in [0.25, 0.3) is 5.88 Å². The molecule has 1 fully saturated rings. The number of nitriles is 1. The molecule has 0 spiro atoms. The molecule has 2 aromatic rings. The first kappa shape index (κ1) is 18.8. The molecule has 10 heteroatoms. The van der Waals surface area contributed by atoms with Gasteiger partial charge in [0.15, 0.2) is 0 Å². The largest absolute Gasteiger partial charge is 0.471 e. The molecule has 0 saturated carbocycles. The normalized spacial score (nSPS) is 17.3. The van der Waals surface area contributed by atoms with Crippen molar-refractivity contribution in [2.45, 2.75) is 17.4 Å². The Balaban J connectivity index is 1.72. The predicted octanol–water partition coefficient (Wildman–Crippen LogP) is 0.977. The van der Waals surface area contributed by atoms with Gasteiger partial charge in [0, 0.05) is 18.9 Å². The zero-order valence-electron chi connectivity index (χ0n) is 14.4. The fourth-order valence-corrected chi connectivity index (χ4v) is 4.17. The van der Waals surface area contributed by atoms with Crippen LogP contribution in [0.3, 0.4) is 0 Å². The molecule has 9 nitrogen and oxygen atoms in total. The summed E-state index contributed by atoms with van der Waals surface area (Å²) in [5.74, 6) is -0.447. The van der Waals surface area contributed by atoms with Crippen LogP contribution in [0, 0.1) is 11.3 Å².